The van der Waals surface area contributed by atoms with Gasteiger partial charge in [0.25, 0.3) is 0 Å². The summed E-state index contributed by atoms with van der Waals surface area (Å²) >= 11 is 0. The summed E-state index contributed by atoms with van der Waals surface area (Å²) in [6, 6.07) is 7.32. The zero-order chi connectivity index (χ0) is 20.2. The molecular formula is C19H22N4O4. The molecule has 0 saturated carbocycles. The fourth-order valence-corrected chi connectivity index (χ4v) is 3.71. The van der Waals surface area contributed by atoms with E-state index in [1.807, 2.05) is 24.1 Å². The van der Waals surface area contributed by atoms with Crippen molar-refractivity contribution < 1.29 is 19.4 Å². The van der Waals surface area contributed by atoms with Crippen molar-refractivity contribution in [2.75, 3.05) is 26.7 Å². The molecule has 2 aliphatic rings. The standard InChI is InChI=1S/C17H16N4O3.C2H6O/c1-21-5-4-10-11(7-21)14(12-3-2-6-24-12)17(8-18,9-19)15(20)13(10)16(22)23;1-2-3/h2-4,6,11,14H,5,7,20H2,1H3,(H,22,23);3H,2H2,1H3/t11-,14-;/m1./s1. The molecule has 142 valence electrons. The summed E-state index contributed by atoms with van der Waals surface area (Å²) in [6.45, 7) is 3.01. The maximum absolute atomic E-state index is 11.8. The number of hydrogen-bond acceptors (Lipinski definition) is 7. The molecule has 1 aliphatic heterocycles. The lowest BCUT2D eigenvalue weighted by Gasteiger charge is -2.44. The summed E-state index contributed by atoms with van der Waals surface area (Å²) in [4.78, 5) is 13.8. The Kier molecular flexibility index (Phi) is 6.06. The van der Waals surface area contributed by atoms with Crippen LogP contribution in [0.25, 0.3) is 0 Å². The first-order valence-electron chi connectivity index (χ1n) is 8.47. The molecule has 0 unspecified atom stereocenters. The van der Waals surface area contributed by atoms with Crippen molar-refractivity contribution in [3.05, 3.63) is 47.1 Å². The molecular weight excluding hydrogens is 348 g/mol. The van der Waals surface area contributed by atoms with Gasteiger partial charge in [-0.05, 0) is 31.7 Å². The highest BCUT2D eigenvalue weighted by atomic mass is 16.4. The lowest BCUT2D eigenvalue weighted by atomic mass is 9.59. The van der Waals surface area contributed by atoms with Crippen LogP contribution in [0.2, 0.25) is 0 Å². The Balaban J connectivity index is 0.000000817. The number of aliphatic hydroxyl groups is 1. The van der Waals surface area contributed by atoms with Crippen LogP contribution in [-0.4, -0.2) is 47.8 Å². The quantitative estimate of drug-likeness (QED) is 0.703. The minimum Gasteiger partial charge on any atom is -0.478 e. The minimum atomic E-state index is -1.79. The summed E-state index contributed by atoms with van der Waals surface area (Å²) in [5.41, 5.74) is 4.52. The van der Waals surface area contributed by atoms with Crippen molar-refractivity contribution in [1.82, 2.24) is 4.90 Å². The first-order valence-corrected chi connectivity index (χ1v) is 8.47. The highest BCUT2D eigenvalue weighted by molar-refractivity contribution is 5.94. The van der Waals surface area contributed by atoms with Crippen LogP contribution in [0.15, 0.2) is 45.7 Å². The number of aliphatic hydroxyl groups excluding tert-OH is 1. The van der Waals surface area contributed by atoms with Gasteiger partial charge in [-0.1, -0.05) is 6.08 Å². The maximum Gasteiger partial charge on any atom is 0.337 e. The third-order valence-electron chi connectivity index (χ3n) is 4.80. The number of aliphatic carboxylic acids is 1. The van der Waals surface area contributed by atoms with Crippen LogP contribution in [0.4, 0.5) is 0 Å². The molecule has 3 rings (SSSR count). The Bertz CT molecular complexity index is 828. The molecule has 27 heavy (non-hydrogen) atoms. The first-order chi connectivity index (χ1) is 12.9. The van der Waals surface area contributed by atoms with Gasteiger partial charge in [0, 0.05) is 25.6 Å². The van der Waals surface area contributed by atoms with Gasteiger partial charge in [0.2, 0.25) is 0 Å². The number of likely N-dealkylation sites (N-methyl/N-ethyl adjacent to an activating group) is 1. The van der Waals surface area contributed by atoms with Gasteiger partial charge in [0.15, 0.2) is 5.41 Å². The number of fused-ring (bicyclic) bond motifs is 1. The van der Waals surface area contributed by atoms with E-state index in [2.05, 4.69) is 0 Å². The Hall–Kier alpha value is -3.07. The van der Waals surface area contributed by atoms with E-state index < -0.39 is 17.3 Å². The van der Waals surface area contributed by atoms with E-state index in [4.69, 9.17) is 15.3 Å². The molecule has 0 amide bonds. The number of rotatable bonds is 2. The van der Waals surface area contributed by atoms with Crippen LogP contribution >= 0.6 is 0 Å². The number of carboxylic acids is 1. The molecule has 0 radical (unpaired) electrons. The molecule has 8 heteroatoms. The van der Waals surface area contributed by atoms with Gasteiger partial charge in [0.1, 0.15) is 5.76 Å². The van der Waals surface area contributed by atoms with Crippen molar-refractivity contribution in [3.63, 3.8) is 0 Å². The van der Waals surface area contributed by atoms with Crippen molar-refractivity contribution in [1.29, 1.82) is 10.5 Å². The summed E-state index contributed by atoms with van der Waals surface area (Å²) in [7, 11) is 1.90. The summed E-state index contributed by atoms with van der Waals surface area (Å²) in [6.07, 6.45) is 3.27. The third kappa shape index (κ3) is 3.33. The molecule has 2 atom stereocenters. The summed E-state index contributed by atoms with van der Waals surface area (Å²) < 4.78 is 5.49. The van der Waals surface area contributed by atoms with Gasteiger partial charge in [-0.2, -0.15) is 10.5 Å². The second-order valence-electron chi connectivity index (χ2n) is 6.42. The largest absolute Gasteiger partial charge is 0.478 e. The van der Waals surface area contributed by atoms with E-state index in [9.17, 15) is 20.4 Å². The summed E-state index contributed by atoms with van der Waals surface area (Å²) in [5.74, 6) is -1.80. The van der Waals surface area contributed by atoms with E-state index in [0.29, 0.717) is 24.4 Å². The van der Waals surface area contributed by atoms with E-state index in [1.165, 1.54) is 6.26 Å². The normalized spacial score (nSPS) is 23.8. The van der Waals surface area contributed by atoms with Crippen molar-refractivity contribution >= 4 is 5.97 Å². The topological polar surface area (TPSA) is 148 Å². The number of nitrogens with two attached hydrogens (primary N) is 1. The molecule has 1 aromatic heterocycles. The second-order valence-corrected chi connectivity index (χ2v) is 6.42. The number of nitrogens with zero attached hydrogens (tertiary/aromatic N) is 3. The lowest BCUT2D eigenvalue weighted by molar-refractivity contribution is -0.132. The SMILES string of the molecule is CCO.CN1CC=C2C(C(=O)O)=C(N)C(C#N)(C#N)[C@@H](c3ccco3)[C@@H]2C1. The number of carbonyl (C=O) groups is 1. The van der Waals surface area contributed by atoms with Crippen LogP contribution in [-0.2, 0) is 4.79 Å². The molecule has 0 spiro atoms. The minimum absolute atomic E-state index is 0.126. The third-order valence-corrected chi connectivity index (χ3v) is 4.80. The zero-order valence-electron chi connectivity index (χ0n) is 15.2. The smallest absolute Gasteiger partial charge is 0.337 e. The fourth-order valence-electron chi connectivity index (χ4n) is 3.71. The molecule has 0 fully saturated rings. The maximum atomic E-state index is 11.8. The predicted octanol–water partition coefficient (Wildman–Crippen LogP) is 1.19. The van der Waals surface area contributed by atoms with Gasteiger partial charge in [-0.25, -0.2) is 4.79 Å². The lowest BCUT2D eigenvalue weighted by Crippen LogP contribution is -2.48. The Labute approximate surface area is 157 Å². The van der Waals surface area contributed by atoms with Crippen LogP contribution in [0, 0.1) is 34.0 Å². The highest BCUT2D eigenvalue weighted by Gasteiger charge is 2.56. The number of carboxylic acid groups (broad SMARTS) is 1. The van der Waals surface area contributed by atoms with Crippen LogP contribution in [0.1, 0.15) is 18.6 Å². The molecule has 8 nitrogen and oxygen atoms in total. The number of hydrogen-bond donors (Lipinski definition) is 3. The average molecular weight is 370 g/mol. The molecule has 0 bridgehead atoms. The first kappa shape index (κ1) is 20.2. The Morgan fingerprint density at radius 3 is 2.59 bits per heavy atom. The van der Waals surface area contributed by atoms with Crippen LogP contribution in [0.5, 0.6) is 0 Å². The Morgan fingerprint density at radius 2 is 2.11 bits per heavy atom. The van der Waals surface area contributed by atoms with Crippen LogP contribution in [0.3, 0.4) is 0 Å². The van der Waals surface area contributed by atoms with Gasteiger partial charge in [-0.3, -0.25) is 0 Å². The van der Waals surface area contributed by atoms with Gasteiger partial charge in [-0.15, -0.1) is 0 Å². The summed E-state index contributed by atoms with van der Waals surface area (Å²) in [5, 5.41) is 36.8. The van der Waals surface area contributed by atoms with E-state index in [0.717, 1.165) is 0 Å². The number of furan rings is 1. The number of allylic oxidation sites excluding steroid dienone is 1. The van der Waals surface area contributed by atoms with Crippen molar-refractivity contribution in [3.8, 4) is 12.1 Å². The monoisotopic (exact) mass is 370 g/mol. The molecule has 1 aliphatic carbocycles. The van der Waals surface area contributed by atoms with Gasteiger partial charge >= 0.3 is 5.97 Å². The molecule has 1 aromatic rings. The van der Waals surface area contributed by atoms with Crippen LogP contribution < -0.4 is 5.73 Å². The molecule has 4 N–H and O–H groups in total. The van der Waals surface area contributed by atoms with Crippen molar-refractivity contribution in [2.24, 2.45) is 17.1 Å². The zero-order valence-corrected chi connectivity index (χ0v) is 15.2. The predicted molar refractivity (Wildman–Crippen MR) is 95.8 cm³/mol. The fraction of sp³-hybridized carbons (Fsp3) is 0.421. The van der Waals surface area contributed by atoms with E-state index in [-0.39, 0.29) is 23.8 Å². The van der Waals surface area contributed by atoms with E-state index >= 15 is 0 Å². The average Bonchev–Trinajstić information content (AvgIpc) is 3.15. The molecule has 2 heterocycles. The molecule has 0 saturated heterocycles. The molecule has 0 aromatic carbocycles. The Morgan fingerprint density at radius 1 is 1.48 bits per heavy atom. The van der Waals surface area contributed by atoms with E-state index in [1.54, 1.807) is 25.1 Å². The number of nitriles is 2. The van der Waals surface area contributed by atoms with Crippen molar-refractivity contribution in [2.45, 2.75) is 12.8 Å². The van der Waals surface area contributed by atoms with Gasteiger partial charge < -0.3 is 25.3 Å². The second kappa shape index (κ2) is 8.09. The van der Waals surface area contributed by atoms with Gasteiger partial charge in [0.05, 0.1) is 35.6 Å². The highest BCUT2D eigenvalue weighted by Crippen LogP contribution is 2.54.